The number of aryl methyl sites for hydroxylation is 1. The predicted octanol–water partition coefficient (Wildman–Crippen LogP) is 4.24. The Morgan fingerprint density at radius 1 is 1.22 bits per heavy atom. The molecular weight excluding hydrogens is 381 g/mol. The normalized spacial score (nSPS) is 12.0. The second kappa shape index (κ2) is 8.38. The number of sulfonamides is 1. The zero-order valence-corrected chi connectivity index (χ0v) is 15.7. The molecule has 0 aliphatic rings. The maximum absolute atomic E-state index is 12.7. The molecular formula is C15H18Cl3NO3S. The van der Waals surface area contributed by atoms with Crippen molar-refractivity contribution in [2.45, 2.75) is 34.9 Å². The Bertz CT molecular complexity index is 652. The largest absolute Gasteiger partial charge is 0.288 e. The lowest BCUT2D eigenvalue weighted by Crippen LogP contribution is -2.44. The summed E-state index contributed by atoms with van der Waals surface area (Å²) in [5.74, 6) is -1.08. The van der Waals surface area contributed by atoms with Crippen molar-refractivity contribution in [1.82, 2.24) is 4.31 Å². The Labute approximate surface area is 152 Å². The van der Waals surface area contributed by atoms with E-state index in [9.17, 15) is 13.2 Å². The predicted molar refractivity (Wildman–Crippen MR) is 94.4 cm³/mol. The summed E-state index contributed by atoms with van der Waals surface area (Å²) in [5.41, 5.74) is 0.897. The van der Waals surface area contributed by atoms with Gasteiger partial charge >= 0.3 is 0 Å². The van der Waals surface area contributed by atoms with Gasteiger partial charge in [-0.05, 0) is 38.3 Å². The number of alkyl halides is 3. The topological polar surface area (TPSA) is 54.5 Å². The van der Waals surface area contributed by atoms with Crippen molar-refractivity contribution < 1.29 is 13.2 Å². The quantitative estimate of drug-likeness (QED) is 0.392. The molecule has 0 atom stereocenters. The van der Waals surface area contributed by atoms with Gasteiger partial charge in [-0.1, -0.05) is 58.6 Å². The molecule has 0 fully saturated rings. The Hall–Kier alpha value is -0.750. The van der Waals surface area contributed by atoms with E-state index in [1.807, 2.05) is 6.92 Å². The molecule has 0 saturated heterocycles. The number of carbonyl (C=O) groups excluding carboxylic acids is 1. The molecule has 0 N–H and O–H groups in total. The SMILES string of the molecule is C=CCCCCN(C(=O)C(Cl)(Cl)Cl)S(=O)(=O)c1ccc(C)cc1. The Morgan fingerprint density at radius 3 is 2.26 bits per heavy atom. The third-order valence-electron chi connectivity index (χ3n) is 3.10. The number of halogens is 3. The zero-order chi connectivity index (χ0) is 17.7. The van der Waals surface area contributed by atoms with Crippen molar-refractivity contribution in [3.05, 3.63) is 42.5 Å². The summed E-state index contributed by atoms with van der Waals surface area (Å²) >= 11 is 16.8. The first kappa shape index (κ1) is 20.3. The molecule has 0 radical (unpaired) electrons. The van der Waals surface area contributed by atoms with E-state index < -0.39 is 19.7 Å². The molecule has 4 nitrogen and oxygen atoms in total. The van der Waals surface area contributed by atoms with Gasteiger partial charge in [0.2, 0.25) is 0 Å². The van der Waals surface area contributed by atoms with Crippen molar-refractivity contribution >= 4 is 50.7 Å². The molecule has 1 amide bonds. The molecule has 0 unspecified atom stereocenters. The summed E-state index contributed by atoms with van der Waals surface area (Å²) in [7, 11) is -4.08. The lowest BCUT2D eigenvalue weighted by molar-refractivity contribution is -0.125. The van der Waals surface area contributed by atoms with E-state index in [1.54, 1.807) is 18.2 Å². The third-order valence-corrected chi connectivity index (χ3v) is 5.38. The van der Waals surface area contributed by atoms with E-state index in [-0.39, 0.29) is 11.4 Å². The van der Waals surface area contributed by atoms with Crippen molar-refractivity contribution in [2.24, 2.45) is 0 Å². The van der Waals surface area contributed by atoms with Gasteiger partial charge in [-0.25, -0.2) is 12.7 Å². The molecule has 0 aliphatic carbocycles. The zero-order valence-electron chi connectivity index (χ0n) is 12.6. The van der Waals surface area contributed by atoms with Crippen molar-refractivity contribution in [2.75, 3.05) is 6.54 Å². The van der Waals surface area contributed by atoms with Crippen molar-refractivity contribution in [1.29, 1.82) is 0 Å². The number of allylic oxidation sites excluding steroid dienone is 1. The monoisotopic (exact) mass is 397 g/mol. The number of nitrogens with zero attached hydrogens (tertiary/aromatic N) is 1. The average Bonchev–Trinajstić information content (AvgIpc) is 2.46. The number of rotatable bonds is 7. The average molecular weight is 399 g/mol. The number of hydrogen-bond acceptors (Lipinski definition) is 3. The Kier molecular flexibility index (Phi) is 7.39. The molecule has 0 saturated carbocycles. The minimum Gasteiger partial charge on any atom is -0.269 e. The lowest BCUT2D eigenvalue weighted by atomic mass is 10.2. The minimum absolute atomic E-state index is 0.0191. The molecule has 0 spiro atoms. The van der Waals surface area contributed by atoms with Crippen LogP contribution in [0.25, 0.3) is 0 Å². The number of carbonyl (C=O) groups is 1. The van der Waals surface area contributed by atoms with Crippen LogP contribution in [-0.2, 0) is 14.8 Å². The molecule has 8 heteroatoms. The van der Waals surface area contributed by atoms with Gasteiger partial charge in [0.1, 0.15) is 0 Å². The summed E-state index contributed by atoms with van der Waals surface area (Å²) < 4.78 is 23.7. The summed E-state index contributed by atoms with van der Waals surface area (Å²) in [6.07, 6.45) is 3.55. The van der Waals surface area contributed by atoms with Crippen LogP contribution in [0.4, 0.5) is 0 Å². The van der Waals surface area contributed by atoms with E-state index in [2.05, 4.69) is 6.58 Å². The summed E-state index contributed by atoms with van der Waals surface area (Å²) in [4.78, 5) is 12.2. The first-order chi connectivity index (χ1) is 10.6. The highest BCUT2D eigenvalue weighted by atomic mass is 35.6. The van der Waals surface area contributed by atoms with Crippen LogP contribution in [0.5, 0.6) is 0 Å². The fraction of sp³-hybridized carbons (Fsp3) is 0.400. The van der Waals surface area contributed by atoms with E-state index >= 15 is 0 Å². The molecule has 1 rings (SSSR count). The highest BCUT2D eigenvalue weighted by Crippen LogP contribution is 2.31. The minimum atomic E-state index is -4.08. The first-order valence-electron chi connectivity index (χ1n) is 6.92. The van der Waals surface area contributed by atoms with Crippen LogP contribution in [0.1, 0.15) is 24.8 Å². The standard InChI is InChI=1S/C15H18Cl3NO3S/c1-3-4-5-6-11-19(14(20)15(16,17)18)23(21,22)13-9-7-12(2)8-10-13/h3,7-10H,1,4-6,11H2,2H3. The Morgan fingerprint density at radius 2 is 1.78 bits per heavy atom. The summed E-state index contributed by atoms with van der Waals surface area (Å²) in [6, 6.07) is 6.13. The van der Waals surface area contributed by atoms with Crippen LogP contribution < -0.4 is 0 Å². The number of benzene rings is 1. The number of amides is 1. The van der Waals surface area contributed by atoms with Gasteiger partial charge in [-0.3, -0.25) is 4.79 Å². The fourth-order valence-corrected chi connectivity index (χ4v) is 3.77. The lowest BCUT2D eigenvalue weighted by Gasteiger charge is -2.25. The first-order valence-corrected chi connectivity index (χ1v) is 9.49. The van der Waals surface area contributed by atoms with Crippen LogP contribution in [0.2, 0.25) is 0 Å². The van der Waals surface area contributed by atoms with Gasteiger partial charge in [0, 0.05) is 6.54 Å². The molecule has 1 aromatic rings. The van der Waals surface area contributed by atoms with Gasteiger partial charge in [0.25, 0.3) is 19.7 Å². The molecule has 23 heavy (non-hydrogen) atoms. The molecule has 0 aliphatic heterocycles. The van der Waals surface area contributed by atoms with E-state index in [0.29, 0.717) is 23.6 Å². The highest BCUT2D eigenvalue weighted by molar-refractivity contribution is 7.89. The van der Waals surface area contributed by atoms with E-state index in [4.69, 9.17) is 34.8 Å². The molecule has 0 aromatic heterocycles. The van der Waals surface area contributed by atoms with Crippen LogP contribution >= 0.6 is 34.8 Å². The van der Waals surface area contributed by atoms with Gasteiger partial charge in [0.15, 0.2) is 0 Å². The second-order valence-corrected chi connectivity index (χ2v) is 9.12. The van der Waals surface area contributed by atoms with Gasteiger partial charge in [-0.2, -0.15) is 0 Å². The van der Waals surface area contributed by atoms with Gasteiger partial charge < -0.3 is 0 Å². The molecule has 1 aromatic carbocycles. The van der Waals surface area contributed by atoms with Crippen LogP contribution in [0, 0.1) is 6.92 Å². The summed E-state index contributed by atoms with van der Waals surface area (Å²) in [5, 5.41) is 0. The molecule has 0 heterocycles. The fourth-order valence-electron chi connectivity index (χ4n) is 1.85. The maximum atomic E-state index is 12.7. The van der Waals surface area contributed by atoms with Crippen LogP contribution in [-0.4, -0.2) is 29.0 Å². The molecule has 0 bridgehead atoms. The van der Waals surface area contributed by atoms with Crippen LogP contribution in [0.3, 0.4) is 0 Å². The van der Waals surface area contributed by atoms with E-state index in [0.717, 1.165) is 5.56 Å². The van der Waals surface area contributed by atoms with Gasteiger partial charge in [0.05, 0.1) is 4.90 Å². The van der Waals surface area contributed by atoms with E-state index in [1.165, 1.54) is 12.1 Å². The third kappa shape index (κ3) is 5.68. The summed E-state index contributed by atoms with van der Waals surface area (Å²) in [6.45, 7) is 5.36. The Balaban J connectivity index is 3.13. The smallest absolute Gasteiger partial charge is 0.269 e. The van der Waals surface area contributed by atoms with Crippen molar-refractivity contribution in [3.63, 3.8) is 0 Å². The number of hydrogen-bond donors (Lipinski definition) is 0. The maximum Gasteiger partial charge on any atom is 0.288 e. The van der Waals surface area contributed by atoms with Crippen LogP contribution in [0.15, 0.2) is 41.8 Å². The van der Waals surface area contributed by atoms with Crippen molar-refractivity contribution in [3.8, 4) is 0 Å². The van der Waals surface area contributed by atoms with Gasteiger partial charge in [-0.15, -0.1) is 6.58 Å². The number of unbranched alkanes of at least 4 members (excludes halogenated alkanes) is 2. The molecule has 128 valence electrons. The second-order valence-electron chi connectivity index (χ2n) is 4.98. The highest BCUT2D eigenvalue weighted by Gasteiger charge is 2.41.